The van der Waals surface area contributed by atoms with Crippen LogP contribution in [0.5, 0.6) is 5.75 Å². The summed E-state index contributed by atoms with van der Waals surface area (Å²) in [5.74, 6) is 0.747. The van der Waals surface area contributed by atoms with Crippen molar-refractivity contribution < 1.29 is 9.53 Å². The number of hydrogen-bond donors (Lipinski definition) is 1. The first-order valence-electron chi connectivity index (χ1n) is 6.51. The highest BCUT2D eigenvalue weighted by Crippen LogP contribution is 2.26. The molecule has 4 heteroatoms. The lowest BCUT2D eigenvalue weighted by atomic mass is 9.99. The van der Waals surface area contributed by atoms with Crippen molar-refractivity contribution in [3.63, 3.8) is 0 Å². The predicted molar refractivity (Wildman–Crippen MR) is 78.3 cm³/mol. The summed E-state index contributed by atoms with van der Waals surface area (Å²) < 4.78 is 5.86. The molecule has 0 fully saturated rings. The van der Waals surface area contributed by atoms with E-state index in [0.717, 1.165) is 23.3 Å². The van der Waals surface area contributed by atoms with Crippen LogP contribution < -0.4 is 10.1 Å². The molecule has 0 radical (unpaired) electrons. The van der Waals surface area contributed by atoms with E-state index in [1.807, 2.05) is 42.5 Å². The normalized spacial score (nSPS) is 13.6. The van der Waals surface area contributed by atoms with Gasteiger partial charge in [-0.1, -0.05) is 29.8 Å². The second-order valence-electron chi connectivity index (χ2n) is 4.71. The summed E-state index contributed by atoms with van der Waals surface area (Å²) in [6, 6.07) is 13.2. The Bertz CT molecular complexity index is 655. The van der Waals surface area contributed by atoms with Crippen molar-refractivity contribution in [3.05, 3.63) is 64.2 Å². The van der Waals surface area contributed by atoms with Crippen LogP contribution in [-0.2, 0) is 13.0 Å². The van der Waals surface area contributed by atoms with Gasteiger partial charge >= 0.3 is 0 Å². The maximum atomic E-state index is 11.8. The van der Waals surface area contributed by atoms with Gasteiger partial charge in [0.05, 0.1) is 0 Å². The van der Waals surface area contributed by atoms with E-state index in [9.17, 15) is 4.79 Å². The van der Waals surface area contributed by atoms with Crippen LogP contribution in [0.3, 0.4) is 0 Å². The number of carbonyl (C=O) groups excluding carboxylic acids is 1. The van der Waals surface area contributed by atoms with E-state index in [0.29, 0.717) is 23.7 Å². The Labute approximate surface area is 122 Å². The summed E-state index contributed by atoms with van der Waals surface area (Å²) in [5.41, 5.74) is 2.70. The number of benzene rings is 2. The Kier molecular flexibility index (Phi) is 3.61. The van der Waals surface area contributed by atoms with Crippen LogP contribution in [0.4, 0.5) is 0 Å². The molecular formula is C16H14ClNO2. The van der Waals surface area contributed by atoms with E-state index in [2.05, 4.69) is 5.32 Å². The van der Waals surface area contributed by atoms with Gasteiger partial charge in [-0.05, 0) is 36.2 Å². The van der Waals surface area contributed by atoms with Crippen LogP contribution in [0.2, 0.25) is 5.02 Å². The average molecular weight is 288 g/mol. The minimum Gasteiger partial charge on any atom is -0.489 e. The van der Waals surface area contributed by atoms with Crippen molar-refractivity contribution in [3.8, 4) is 5.75 Å². The summed E-state index contributed by atoms with van der Waals surface area (Å²) in [5, 5.41) is 3.53. The fourth-order valence-corrected chi connectivity index (χ4v) is 2.57. The quantitative estimate of drug-likeness (QED) is 0.941. The lowest BCUT2D eigenvalue weighted by Crippen LogP contribution is -2.32. The third-order valence-electron chi connectivity index (χ3n) is 3.32. The molecule has 0 saturated heterocycles. The lowest BCUT2D eigenvalue weighted by molar-refractivity contribution is 0.0945. The standard InChI is InChI=1S/C16H14ClNO2/c17-12-4-1-3-11(9-12)10-20-15-6-2-5-14-13(15)7-8-18-16(14)19/h1-6,9H,7-8,10H2,(H,18,19). The molecule has 3 rings (SSSR count). The number of carbonyl (C=O) groups is 1. The maximum Gasteiger partial charge on any atom is 0.251 e. The van der Waals surface area contributed by atoms with Gasteiger partial charge in [0.25, 0.3) is 5.91 Å². The fourth-order valence-electron chi connectivity index (χ4n) is 2.36. The summed E-state index contributed by atoms with van der Waals surface area (Å²) in [6.07, 6.45) is 0.798. The molecule has 2 aromatic carbocycles. The van der Waals surface area contributed by atoms with Crippen LogP contribution in [0.1, 0.15) is 21.5 Å². The van der Waals surface area contributed by atoms with E-state index in [-0.39, 0.29) is 5.91 Å². The molecule has 1 amide bonds. The zero-order valence-corrected chi connectivity index (χ0v) is 11.6. The molecule has 0 unspecified atom stereocenters. The summed E-state index contributed by atoms with van der Waals surface area (Å²) in [4.78, 5) is 11.8. The van der Waals surface area contributed by atoms with Crippen LogP contribution in [-0.4, -0.2) is 12.5 Å². The van der Waals surface area contributed by atoms with Crippen LogP contribution in [0, 0.1) is 0 Å². The van der Waals surface area contributed by atoms with Gasteiger partial charge in [0.1, 0.15) is 12.4 Å². The van der Waals surface area contributed by atoms with Crippen molar-refractivity contribution in [2.45, 2.75) is 13.0 Å². The van der Waals surface area contributed by atoms with Gasteiger partial charge in [-0.3, -0.25) is 4.79 Å². The van der Waals surface area contributed by atoms with Crippen molar-refractivity contribution in [2.75, 3.05) is 6.54 Å². The number of ether oxygens (including phenoxy) is 1. The van der Waals surface area contributed by atoms with Gasteiger partial charge in [-0.25, -0.2) is 0 Å². The molecular weight excluding hydrogens is 274 g/mol. The summed E-state index contributed by atoms with van der Waals surface area (Å²) >= 11 is 5.95. The number of halogens is 1. The number of amides is 1. The Morgan fingerprint density at radius 2 is 2.05 bits per heavy atom. The zero-order chi connectivity index (χ0) is 13.9. The topological polar surface area (TPSA) is 38.3 Å². The number of rotatable bonds is 3. The van der Waals surface area contributed by atoms with E-state index in [1.54, 1.807) is 0 Å². The van der Waals surface area contributed by atoms with Crippen LogP contribution in [0.25, 0.3) is 0 Å². The van der Waals surface area contributed by atoms with Gasteiger partial charge in [0.2, 0.25) is 0 Å². The Morgan fingerprint density at radius 3 is 2.90 bits per heavy atom. The molecule has 2 aromatic rings. The molecule has 1 heterocycles. The van der Waals surface area contributed by atoms with Gasteiger partial charge in [-0.15, -0.1) is 0 Å². The molecule has 1 N–H and O–H groups in total. The number of fused-ring (bicyclic) bond motifs is 1. The largest absolute Gasteiger partial charge is 0.489 e. The molecule has 102 valence electrons. The maximum absolute atomic E-state index is 11.8. The number of nitrogens with one attached hydrogen (secondary N) is 1. The highest BCUT2D eigenvalue weighted by Gasteiger charge is 2.19. The van der Waals surface area contributed by atoms with Crippen molar-refractivity contribution in [1.82, 2.24) is 5.32 Å². The Hall–Kier alpha value is -2.00. The number of hydrogen-bond acceptors (Lipinski definition) is 2. The first-order valence-corrected chi connectivity index (χ1v) is 6.89. The van der Waals surface area contributed by atoms with E-state index in [4.69, 9.17) is 16.3 Å². The molecule has 0 atom stereocenters. The van der Waals surface area contributed by atoms with Gasteiger partial charge < -0.3 is 10.1 Å². The molecule has 20 heavy (non-hydrogen) atoms. The molecule has 0 bridgehead atoms. The first kappa shape index (κ1) is 13.0. The molecule has 0 aliphatic carbocycles. The average Bonchev–Trinajstić information content (AvgIpc) is 2.46. The molecule has 1 aliphatic heterocycles. The monoisotopic (exact) mass is 287 g/mol. The molecule has 0 spiro atoms. The fraction of sp³-hybridized carbons (Fsp3) is 0.188. The minimum absolute atomic E-state index is 0.0283. The second-order valence-corrected chi connectivity index (χ2v) is 5.14. The van der Waals surface area contributed by atoms with Crippen molar-refractivity contribution in [2.24, 2.45) is 0 Å². The van der Waals surface area contributed by atoms with Gasteiger partial charge in [0.15, 0.2) is 0 Å². The molecule has 1 aliphatic rings. The highest BCUT2D eigenvalue weighted by molar-refractivity contribution is 6.30. The highest BCUT2D eigenvalue weighted by atomic mass is 35.5. The Balaban J connectivity index is 1.81. The van der Waals surface area contributed by atoms with E-state index in [1.165, 1.54) is 0 Å². The smallest absolute Gasteiger partial charge is 0.251 e. The molecule has 3 nitrogen and oxygen atoms in total. The van der Waals surface area contributed by atoms with Crippen molar-refractivity contribution in [1.29, 1.82) is 0 Å². The van der Waals surface area contributed by atoms with E-state index < -0.39 is 0 Å². The molecule has 0 aromatic heterocycles. The van der Waals surface area contributed by atoms with E-state index >= 15 is 0 Å². The lowest BCUT2D eigenvalue weighted by Gasteiger charge is -2.19. The van der Waals surface area contributed by atoms with Crippen LogP contribution in [0.15, 0.2) is 42.5 Å². The predicted octanol–water partition coefficient (Wildman–Crippen LogP) is 3.20. The zero-order valence-electron chi connectivity index (χ0n) is 10.9. The third kappa shape index (κ3) is 2.63. The first-order chi connectivity index (χ1) is 9.74. The second kappa shape index (κ2) is 5.55. The molecule has 0 saturated carbocycles. The van der Waals surface area contributed by atoms with Crippen LogP contribution >= 0.6 is 11.6 Å². The summed E-state index contributed by atoms with van der Waals surface area (Å²) in [7, 11) is 0. The van der Waals surface area contributed by atoms with Gasteiger partial charge in [-0.2, -0.15) is 0 Å². The van der Waals surface area contributed by atoms with Crippen molar-refractivity contribution >= 4 is 17.5 Å². The SMILES string of the molecule is O=C1NCCc2c(OCc3cccc(Cl)c3)cccc21. The third-order valence-corrected chi connectivity index (χ3v) is 3.56. The minimum atomic E-state index is -0.0283. The Morgan fingerprint density at radius 1 is 1.20 bits per heavy atom. The summed E-state index contributed by atoms with van der Waals surface area (Å²) in [6.45, 7) is 1.10. The van der Waals surface area contributed by atoms with Gasteiger partial charge in [0, 0.05) is 22.7 Å².